The standard InChI is InChI=1S/C16H32N2O3/c1-13(2,12(20)21)9-15(5,6)18-16(7,8)10-14(3,4)17-11-19/h11,18H,9-10H2,1-8H3,(H,17,19)(H,20,21). The van der Waals surface area contributed by atoms with Gasteiger partial charge in [0, 0.05) is 16.6 Å². The summed E-state index contributed by atoms with van der Waals surface area (Å²) in [6.45, 7) is 15.6. The van der Waals surface area contributed by atoms with Crippen LogP contribution in [0.15, 0.2) is 0 Å². The highest BCUT2D eigenvalue weighted by atomic mass is 16.4. The quantitative estimate of drug-likeness (QED) is 0.572. The number of aliphatic carboxylic acids is 1. The van der Waals surface area contributed by atoms with Crippen molar-refractivity contribution in [3.8, 4) is 0 Å². The lowest BCUT2D eigenvalue weighted by molar-refractivity contribution is -0.148. The highest BCUT2D eigenvalue weighted by Gasteiger charge is 2.38. The maximum absolute atomic E-state index is 11.3. The monoisotopic (exact) mass is 300 g/mol. The van der Waals surface area contributed by atoms with Gasteiger partial charge in [-0.3, -0.25) is 9.59 Å². The van der Waals surface area contributed by atoms with E-state index in [1.54, 1.807) is 13.8 Å². The molecule has 5 nitrogen and oxygen atoms in total. The number of amides is 1. The Morgan fingerprint density at radius 1 is 0.905 bits per heavy atom. The lowest BCUT2D eigenvalue weighted by Gasteiger charge is -2.43. The Labute approximate surface area is 128 Å². The van der Waals surface area contributed by atoms with E-state index in [4.69, 9.17) is 0 Å². The first kappa shape index (κ1) is 19.9. The molecule has 0 aromatic carbocycles. The van der Waals surface area contributed by atoms with Crippen LogP contribution < -0.4 is 10.6 Å². The summed E-state index contributed by atoms with van der Waals surface area (Å²) in [6.07, 6.45) is 1.96. The Morgan fingerprint density at radius 2 is 1.33 bits per heavy atom. The van der Waals surface area contributed by atoms with Crippen LogP contribution in [0, 0.1) is 5.41 Å². The third-order valence-electron chi connectivity index (χ3n) is 3.47. The fraction of sp³-hybridized carbons (Fsp3) is 0.875. The van der Waals surface area contributed by atoms with Gasteiger partial charge in [0.05, 0.1) is 5.41 Å². The minimum Gasteiger partial charge on any atom is -0.481 e. The van der Waals surface area contributed by atoms with Crippen LogP contribution in [0.3, 0.4) is 0 Å². The first-order chi connectivity index (χ1) is 9.13. The van der Waals surface area contributed by atoms with Gasteiger partial charge in [0.1, 0.15) is 0 Å². The van der Waals surface area contributed by atoms with Gasteiger partial charge in [0.25, 0.3) is 0 Å². The number of hydrogen-bond acceptors (Lipinski definition) is 3. The molecule has 0 spiro atoms. The number of rotatable bonds is 9. The summed E-state index contributed by atoms with van der Waals surface area (Å²) in [4.78, 5) is 22.0. The molecular formula is C16H32N2O3. The molecule has 0 saturated carbocycles. The lowest BCUT2D eigenvalue weighted by Crippen LogP contribution is -2.58. The minimum atomic E-state index is -0.793. The normalized spacial score (nSPS) is 13.9. The summed E-state index contributed by atoms with van der Waals surface area (Å²) in [7, 11) is 0. The van der Waals surface area contributed by atoms with Crippen molar-refractivity contribution in [1.82, 2.24) is 10.6 Å². The maximum Gasteiger partial charge on any atom is 0.309 e. The van der Waals surface area contributed by atoms with Crippen molar-refractivity contribution >= 4 is 12.4 Å². The minimum absolute atomic E-state index is 0.238. The molecule has 0 bridgehead atoms. The summed E-state index contributed by atoms with van der Waals surface area (Å²) < 4.78 is 0. The Kier molecular flexibility index (Phi) is 6.01. The van der Waals surface area contributed by atoms with Crippen molar-refractivity contribution < 1.29 is 14.7 Å². The predicted octanol–water partition coefficient (Wildman–Crippen LogP) is 2.55. The number of hydrogen-bond donors (Lipinski definition) is 3. The van der Waals surface area contributed by atoms with Gasteiger partial charge < -0.3 is 15.7 Å². The molecule has 0 saturated heterocycles. The molecule has 21 heavy (non-hydrogen) atoms. The van der Waals surface area contributed by atoms with Gasteiger partial charge in [-0.2, -0.15) is 0 Å². The van der Waals surface area contributed by atoms with Crippen molar-refractivity contribution in [2.24, 2.45) is 5.41 Å². The summed E-state index contributed by atoms with van der Waals surface area (Å²) in [5, 5.41) is 15.6. The molecule has 0 aliphatic heterocycles. The Morgan fingerprint density at radius 3 is 1.71 bits per heavy atom. The molecule has 0 aromatic rings. The van der Waals surface area contributed by atoms with Gasteiger partial charge in [-0.15, -0.1) is 0 Å². The Hall–Kier alpha value is -1.10. The molecular weight excluding hydrogens is 268 g/mol. The predicted molar refractivity (Wildman–Crippen MR) is 85.2 cm³/mol. The lowest BCUT2D eigenvalue weighted by atomic mass is 9.77. The van der Waals surface area contributed by atoms with Gasteiger partial charge >= 0.3 is 5.97 Å². The molecule has 0 atom stereocenters. The first-order valence-electron chi connectivity index (χ1n) is 7.37. The Balaban J connectivity index is 4.90. The van der Waals surface area contributed by atoms with Gasteiger partial charge in [-0.25, -0.2) is 0 Å². The van der Waals surface area contributed by atoms with E-state index in [0.29, 0.717) is 6.42 Å². The highest BCUT2D eigenvalue weighted by Crippen LogP contribution is 2.31. The molecule has 124 valence electrons. The zero-order valence-corrected chi connectivity index (χ0v) is 14.8. The molecule has 3 N–H and O–H groups in total. The van der Waals surface area contributed by atoms with Crippen LogP contribution in [0.25, 0.3) is 0 Å². The fourth-order valence-corrected chi connectivity index (χ4v) is 3.50. The summed E-state index contributed by atoms with van der Waals surface area (Å²) in [5.41, 5.74) is -1.68. The van der Waals surface area contributed by atoms with Crippen LogP contribution in [-0.2, 0) is 9.59 Å². The van der Waals surface area contributed by atoms with Gasteiger partial charge in [-0.1, -0.05) is 0 Å². The fourth-order valence-electron chi connectivity index (χ4n) is 3.50. The first-order valence-corrected chi connectivity index (χ1v) is 7.37. The molecule has 0 rings (SSSR count). The number of carbonyl (C=O) groups excluding carboxylic acids is 1. The van der Waals surface area contributed by atoms with Crippen LogP contribution in [0.2, 0.25) is 0 Å². The molecule has 5 heteroatoms. The number of carboxylic acid groups (broad SMARTS) is 1. The molecule has 0 unspecified atom stereocenters. The van der Waals surface area contributed by atoms with E-state index in [9.17, 15) is 14.7 Å². The molecule has 0 aliphatic rings. The summed E-state index contributed by atoms with van der Waals surface area (Å²) in [6, 6.07) is 0. The molecule has 0 heterocycles. The van der Waals surface area contributed by atoms with E-state index in [-0.39, 0.29) is 16.6 Å². The van der Waals surface area contributed by atoms with E-state index in [0.717, 1.165) is 12.8 Å². The summed E-state index contributed by atoms with van der Waals surface area (Å²) >= 11 is 0. The van der Waals surface area contributed by atoms with Crippen LogP contribution >= 0.6 is 0 Å². The second-order valence-corrected chi connectivity index (χ2v) is 8.58. The van der Waals surface area contributed by atoms with Gasteiger partial charge in [-0.05, 0) is 68.2 Å². The SMILES string of the molecule is CC(C)(CC(C)(C)NC(C)(C)CC(C)(C)C(=O)O)NC=O. The zero-order valence-electron chi connectivity index (χ0n) is 14.8. The Bertz CT molecular complexity index is 385. The van der Waals surface area contributed by atoms with E-state index in [2.05, 4.69) is 24.5 Å². The van der Waals surface area contributed by atoms with E-state index in [1.165, 1.54) is 0 Å². The van der Waals surface area contributed by atoms with Crippen molar-refractivity contribution in [2.45, 2.75) is 84.8 Å². The average molecular weight is 300 g/mol. The topological polar surface area (TPSA) is 78.4 Å². The van der Waals surface area contributed by atoms with Crippen LogP contribution in [0.4, 0.5) is 0 Å². The molecule has 0 aromatic heterocycles. The molecule has 1 amide bonds. The van der Waals surface area contributed by atoms with E-state index >= 15 is 0 Å². The van der Waals surface area contributed by atoms with Gasteiger partial charge in [0.15, 0.2) is 0 Å². The largest absolute Gasteiger partial charge is 0.481 e. The number of nitrogens with one attached hydrogen (secondary N) is 2. The van der Waals surface area contributed by atoms with E-state index in [1.807, 2.05) is 27.7 Å². The van der Waals surface area contributed by atoms with Gasteiger partial charge in [0.2, 0.25) is 6.41 Å². The van der Waals surface area contributed by atoms with Crippen LogP contribution in [-0.4, -0.2) is 34.1 Å². The third-order valence-corrected chi connectivity index (χ3v) is 3.47. The van der Waals surface area contributed by atoms with Crippen LogP contribution in [0.5, 0.6) is 0 Å². The van der Waals surface area contributed by atoms with Crippen molar-refractivity contribution in [2.75, 3.05) is 0 Å². The number of carbonyl (C=O) groups is 2. The second kappa shape index (κ2) is 6.34. The highest BCUT2D eigenvalue weighted by molar-refractivity contribution is 5.73. The van der Waals surface area contributed by atoms with Crippen molar-refractivity contribution in [3.63, 3.8) is 0 Å². The summed E-state index contributed by atoms with van der Waals surface area (Å²) in [5.74, 6) is -0.793. The van der Waals surface area contributed by atoms with Crippen LogP contribution in [0.1, 0.15) is 68.2 Å². The molecule has 0 radical (unpaired) electrons. The average Bonchev–Trinajstić information content (AvgIpc) is 2.09. The molecule has 0 fully saturated rings. The third kappa shape index (κ3) is 7.46. The molecule has 0 aliphatic carbocycles. The zero-order chi connectivity index (χ0) is 17.1. The van der Waals surface area contributed by atoms with Crippen molar-refractivity contribution in [3.05, 3.63) is 0 Å². The maximum atomic E-state index is 11.3. The smallest absolute Gasteiger partial charge is 0.309 e. The number of carboxylic acids is 1. The van der Waals surface area contributed by atoms with Crippen molar-refractivity contribution in [1.29, 1.82) is 0 Å². The second-order valence-electron chi connectivity index (χ2n) is 8.58. The van der Waals surface area contributed by atoms with E-state index < -0.39 is 11.4 Å².